The van der Waals surface area contributed by atoms with Gasteiger partial charge in [0, 0.05) is 18.2 Å². The molecule has 7 heteroatoms. The van der Waals surface area contributed by atoms with Gasteiger partial charge in [0.05, 0.1) is 23.4 Å². The minimum Gasteiger partial charge on any atom is -0.494 e. The number of nitrogens with zero attached hydrogens (tertiary/aromatic N) is 2. The van der Waals surface area contributed by atoms with E-state index >= 15 is 0 Å². The Kier molecular flexibility index (Phi) is 5.28. The van der Waals surface area contributed by atoms with Gasteiger partial charge in [0.25, 0.3) is 0 Å². The number of alkyl halides is 1. The van der Waals surface area contributed by atoms with E-state index in [1.165, 1.54) is 12.1 Å². The summed E-state index contributed by atoms with van der Waals surface area (Å²) in [5.41, 5.74) is 0.860. The van der Waals surface area contributed by atoms with Crippen LogP contribution in [0.2, 0.25) is 0 Å². The number of hydrogen-bond donors (Lipinski definition) is 1. The smallest absolute Gasteiger partial charge is 0.146 e. The lowest BCUT2D eigenvalue weighted by molar-refractivity contribution is 0.338. The lowest BCUT2D eigenvalue weighted by Gasteiger charge is -2.12. The number of rotatable bonds is 6. The number of halogens is 3. The van der Waals surface area contributed by atoms with Crippen LogP contribution in [-0.4, -0.2) is 16.6 Å². The monoisotopic (exact) mass is 363 g/mol. The highest BCUT2D eigenvalue weighted by Crippen LogP contribution is 2.25. The molecule has 3 aromatic rings. The molecule has 0 amide bonds. The first-order valence-electron chi connectivity index (χ1n) is 7.78. The molecule has 0 saturated carbocycles. The Labute approximate surface area is 148 Å². The van der Waals surface area contributed by atoms with Crippen molar-refractivity contribution in [3.8, 4) is 5.75 Å². The van der Waals surface area contributed by atoms with Crippen molar-refractivity contribution in [1.29, 1.82) is 0 Å². The summed E-state index contributed by atoms with van der Waals surface area (Å²) in [5.74, 6) is 0.356. The van der Waals surface area contributed by atoms with Gasteiger partial charge in [0.2, 0.25) is 0 Å². The first kappa shape index (κ1) is 17.4. The maximum absolute atomic E-state index is 14.2. The number of nitrogens with one attached hydrogen (secondary N) is 1. The Bertz CT molecular complexity index is 905. The molecule has 1 aromatic heterocycles. The van der Waals surface area contributed by atoms with Crippen molar-refractivity contribution < 1.29 is 13.5 Å². The van der Waals surface area contributed by atoms with Gasteiger partial charge in [-0.15, -0.1) is 11.6 Å². The van der Waals surface area contributed by atoms with Gasteiger partial charge in [-0.1, -0.05) is 12.1 Å². The third-order valence-corrected chi connectivity index (χ3v) is 3.86. The van der Waals surface area contributed by atoms with E-state index < -0.39 is 11.6 Å². The SMILES string of the molecule is CCOc1ccc(CNc2nc(CCl)nc3cccc(F)c23)c(F)c1. The number of benzene rings is 2. The average molecular weight is 364 g/mol. The molecule has 4 nitrogen and oxygen atoms in total. The molecule has 0 radical (unpaired) electrons. The van der Waals surface area contributed by atoms with Gasteiger partial charge in [0.15, 0.2) is 0 Å². The average Bonchev–Trinajstić information content (AvgIpc) is 2.61. The van der Waals surface area contributed by atoms with Crippen molar-refractivity contribution in [2.24, 2.45) is 0 Å². The van der Waals surface area contributed by atoms with Crippen LogP contribution in [0.3, 0.4) is 0 Å². The Morgan fingerprint density at radius 1 is 1.12 bits per heavy atom. The minimum atomic E-state index is -0.451. The van der Waals surface area contributed by atoms with Gasteiger partial charge in [0.1, 0.15) is 29.0 Å². The molecule has 0 aliphatic heterocycles. The van der Waals surface area contributed by atoms with Crippen LogP contribution in [0.25, 0.3) is 10.9 Å². The van der Waals surface area contributed by atoms with E-state index in [0.29, 0.717) is 29.3 Å². The fourth-order valence-electron chi connectivity index (χ4n) is 2.48. The molecule has 0 fully saturated rings. The molecule has 25 heavy (non-hydrogen) atoms. The maximum Gasteiger partial charge on any atom is 0.146 e. The summed E-state index contributed by atoms with van der Waals surface area (Å²) in [7, 11) is 0. The summed E-state index contributed by atoms with van der Waals surface area (Å²) in [5, 5.41) is 3.23. The molecule has 1 heterocycles. The topological polar surface area (TPSA) is 47.0 Å². The zero-order chi connectivity index (χ0) is 17.8. The van der Waals surface area contributed by atoms with Gasteiger partial charge in [-0.05, 0) is 25.1 Å². The van der Waals surface area contributed by atoms with Crippen molar-refractivity contribution >= 4 is 28.3 Å². The quantitative estimate of drug-likeness (QED) is 0.647. The summed E-state index contributed by atoms with van der Waals surface area (Å²) in [6, 6.07) is 9.21. The van der Waals surface area contributed by atoms with E-state index in [9.17, 15) is 8.78 Å². The van der Waals surface area contributed by atoms with Gasteiger partial charge in [-0.3, -0.25) is 0 Å². The summed E-state index contributed by atoms with van der Waals surface area (Å²) in [6.07, 6.45) is 0. The third-order valence-electron chi connectivity index (χ3n) is 3.62. The Balaban J connectivity index is 1.90. The molecule has 130 valence electrons. The molecule has 3 rings (SSSR count). The molecule has 2 aromatic carbocycles. The van der Waals surface area contributed by atoms with Crippen LogP contribution < -0.4 is 10.1 Å². The van der Waals surface area contributed by atoms with Crippen LogP contribution in [0, 0.1) is 11.6 Å². The molecular formula is C18H16ClF2N3O. The van der Waals surface area contributed by atoms with Crippen molar-refractivity contribution in [2.45, 2.75) is 19.3 Å². The predicted molar refractivity (Wildman–Crippen MR) is 93.9 cm³/mol. The van der Waals surface area contributed by atoms with Crippen LogP contribution >= 0.6 is 11.6 Å². The van der Waals surface area contributed by atoms with E-state index in [0.717, 1.165) is 0 Å². The molecule has 0 saturated heterocycles. The van der Waals surface area contributed by atoms with Gasteiger partial charge in [-0.25, -0.2) is 18.7 Å². The number of hydrogen-bond acceptors (Lipinski definition) is 4. The van der Waals surface area contributed by atoms with Crippen molar-refractivity contribution in [1.82, 2.24) is 9.97 Å². The molecule has 0 aliphatic rings. The zero-order valence-corrected chi connectivity index (χ0v) is 14.3. The summed E-state index contributed by atoms with van der Waals surface area (Å²) >= 11 is 5.81. The minimum absolute atomic E-state index is 0.0958. The molecule has 0 spiro atoms. The zero-order valence-electron chi connectivity index (χ0n) is 13.5. The number of ether oxygens (including phenoxy) is 1. The highest BCUT2D eigenvalue weighted by Gasteiger charge is 2.12. The second-order valence-corrected chi connectivity index (χ2v) is 5.56. The Morgan fingerprint density at radius 2 is 1.96 bits per heavy atom. The normalized spacial score (nSPS) is 10.9. The highest BCUT2D eigenvalue weighted by atomic mass is 35.5. The first-order chi connectivity index (χ1) is 12.1. The number of aromatic nitrogens is 2. The van der Waals surface area contributed by atoms with E-state index in [-0.39, 0.29) is 23.6 Å². The predicted octanol–water partition coefficient (Wildman–Crippen LogP) is 4.66. The molecule has 1 N–H and O–H groups in total. The van der Waals surface area contributed by atoms with Crippen LogP contribution in [0.4, 0.5) is 14.6 Å². The summed E-state index contributed by atoms with van der Waals surface area (Å²) in [4.78, 5) is 8.44. The van der Waals surface area contributed by atoms with E-state index in [2.05, 4.69) is 15.3 Å². The lowest BCUT2D eigenvalue weighted by atomic mass is 10.2. The fraction of sp³-hybridized carbons (Fsp3) is 0.222. The van der Waals surface area contributed by atoms with Crippen LogP contribution in [0.1, 0.15) is 18.3 Å². The van der Waals surface area contributed by atoms with Crippen molar-refractivity contribution in [3.63, 3.8) is 0 Å². The van der Waals surface area contributed by atoms with E-state index in [1.54, 1.807) is 24.3 Å². The fourth-order valence-corrected chi connectivity index (χ4v) is 2.60. The largest absolute Gasteiger partial charge is 0.494 e. The van der Waals surface area contributed by atoms with Crippen molar-refractivity contribution in [2.75, 3.05) is 11.9 Å². The standard InChI is InChI=1S/C18H16ClF2N3O/c1-2-25-12-7-6-11(14(21)8-12)10-22-18-17-13(20)4-3-5-15(17)23-16(9-19)24-18/h3-8H,2,9-10H2,1H3,(H,22,23,24). The first-order valence-corrected chi connectivity index (χ1v) is 8.32. The third kappa shape index (κ3) is 3.79. The molecular weight excluding hydrogens is 348 g/mol. The van der Waals surface area contributed by atoms with Crippen LogP contribution in [-0.2, 0) is 12.4 Å². The van der Waals surface area contributed by atoms with Crippen molar-refractivity contribution in [3.05, 3.63) is 59.4 Å². The maximum atomic E-state index is 14.2. The Hall–Kier alpha value is -2.47. The summed E-state index contributed by atoms with van der Waals surface area (Å²) in [6.45, 7) is 2.43. The molecule has 0 unspecified atom stereocenters. The molecule has 0 atom stereocenters. The van der Waals surface area contributed by atoms with E-state index in [1.807, 2.05) is 6.92 Å². The second-order valence-electron chi connectivity index (χ2n) is 5.30. The van der Waals surface area contributed by atoms with Gasteiger partial charge < -0.3 is 10.1 Å². The highest BCUT2D eigenvalue weighted by molar-refractivity contribution is 6.16. The number of fused-ring (bicyclic) bond motifs is 1. The van der Waals surface area contributed by atoms with Gasteiger partial charge >= 0.3 is 0 Å². The van der Waals surface area contributed by atoms with Gasteiger partial charge in [-0.2, -0.15) is 0 Å². The molecule has 0 aliphatic carbocycles. The van der Waals surface area contributed by atoms with Crippen LogP contribution in [0.5, 0.6) is 5.75 Å². The lowest BCUT2D eigenvalue weighted by Crippen LogP contribution is -2.07. The Morgan fingerprint density at radius 3 is 2.68 bits per heavy atom. The van der Waals surface area contributed by atoms with E-state index in [4.69, 9.17) is 16.3 Å². The summed E-state index contributed by atoms with van der Waals surface area (Å²) < 4.78 is 33.6. The molecule has 0 bridgehead atoms. The van der Waals surface area contributed by atoms with Crippen LogP contribution in [0.15, 0.2) is 36.4 Å². The number of anilines is 1. The second kappa shape index (κ2) is 7.61.